The summed E-state index contributed by atoms with van der Waals surface area (Å²) in [5, 5.41) is 15.3. The maximum atomic E-state index is 12.1. The van der Waals surface area contributed by atoms with Crippen LogP contribution in [0.3, 0.4) is 0 Å². The van der Waals surface area contributed by atoms with Crippen LogP contribution in [0, 0.1) is 0 Å². The Bertz CT molecular complexity index is 939. The lowest BCUT2D eigenvalue weighted by molar-refractivity contribution is -0.118. The lowest BCUT2D eigenvalue weighted by atomic mass is 10.2. The summed E-state index contributed by atoms with van der Waals surface area (Å²) in [6.07, 6.45) is 2.19. The van der Waals surface area contributed by atoms with Crippen molar-refractivity contribution in [3.63, 3.8) is 0 Å². The van der Waals surface area contributed by atoms with Gasteiger partial charge in [-0.1, -0.05) is 29.8 Å². The van der Waals surface area contributed by atoms with Crippen LogP contribution in [0.25, 0.3) is 11.4 Å². The van der Waals surface area contributed by atoms with Crippen LogP contribution in [0.1, 0.15) is 18.9 Å². The third-order valence-electron chi connectivity index (χ3n) is 3.96. The third kappa shape index (κ3) is 3.83. The zero-order chi connectivity index (χ0) is 17.9. The molecule has 1 heterocycles. The molecular weight excluding hydrogens is 354 g/mol. The minimum Gasteiger partial charge on any atom is -0.484 e. The number of hydrogen-bond donors (Lipinski definition) is 1. The number of hydrogen-bond acceptors (Lipinski definition) is 5. The van der Waals surface area contributed by atoms with E-state index in [2.05, 4.69) is 20.8 Å². The van der Waals surface area contributed by atoms with Crippen LogP contribution in [0.2, 0.25) is 5.02 Å². The number of ether oxygens (including phenoxy) is 1. The lowest BCUT2D eigenvalue weighted by Gasteiger charge is -2.09. The number of halogens is 1. The van der Waals surface area contributed by atoms with E-state index in [1.54, 1.807) is 24.3 Å². The van der Waals surface area contributed by atoms with E-state index in [1.807, 2.05) is 28.9 Å². The molecular formula is C18H16ClN5O2. The van der Waals surface area contributed by atoms with Gasteiger partial charge in [0.05, 0.1) is 6.04 Å². The summed E-state index contributed by atoms with van der Waals surface area (Å²) >= 11 is 5.90. The highest BCUT2D eigenvalue weighted by Gasteiger charge is 2.28. The predicted molar refractivity (Wildman–Crippen MR) is 97.1 cm³/mol. The van der Waals surface area contributed by atoms with Crippen LogP contribution in [0.15, 0.2) is 48.5 Å². The second-order valence-electron chi connectivity index (χ2n) is 6.05. The number of nitrogens with one attached hydrogen (secondary N) is 1. The molecule has 1 fully saturated rings. The van der Waals surface area contributed by atoms with Crippen molar-refractivity contribution in [3.05, 3.63) is 53.6 Å². The van der Waals surface area contributed by atoms with Crippen molar-refractivity contribution in [2.75, 3.05) is 11.9 Å². The summed E-state index contributed by atoms with van der Waals surface area (Å²) in [5.41, 5.74) is 1.52. The molecule has 1 amide bonds. The van der Waals surface area contributed by atoms with Crippen LogP contribution in [-0.4, -0.2) is 32.7 Å². The normalized spacial score (nSPS) is 13.4. The van der Waals surface area contributed by atoms with Gasteiger partial charge in [0.1, 0.15) is 5.75 Å². The summed E-state index contributed by atoms with van der Waals surface area (Å²) < 4.78 is 7.29. The van der Waals surface area contributed by atoms with Gasteiger partial charge < -0.3 is 10.1 Å². The molecule has 0 aliphatic heterocycles. The van der Waals surface area contributed by atoms with Gasteiger partial charge in [-0.2, -0.15) is 0 Å². The van der Waals surface area contributed by atoms with E-state index < -0.39 is 0 Å². The topological polar surface area (TPSA) is 81.9 Å². The minimum absolute atomic E-state index is 0.107. The fourth-order valence-electron chi connectivity index (χ4n) is 2.59. The third-order valence-corrected chi connectivity index (χ3v) is 4.19. The van der Waals surface area contributed by atoms with Crippen LogP contribution >= 0.6 is 11.6 Å². The molecule has 0 atom stereocenters. The van der Waals surface area contributed by atoms with E-state index in [0.717, 1.165) is 18.4 Å². The second kappa shape index (κ2) is 7.13. The molecule has 4 rings (SSSR count). The number of rotatable bonds is 6. The van der Waals surface area contributed by atoms with E-state index in [9.17, 15) is 4.79 Å². The van der Waals surface area contributed by atoms with Crippen LogP contribution in [0.5, 0.6) is 5.75 Å². The summed E-state index contributed by atoms with van der Waals surface area (Å²) in [6.45, 7) is -0.107. The maximum absolute atomic E-state index is 12.1. The first-order valence-electron chi connectivity index (χ1n) is 8.25. The molecule has 0 saturated heterocycles. The molecule has 8 heteroatoms. The van der Waals surface area contributed by atoms with Crippen molar-refractivity contribution >= 4 is 23.2 Å². The van der Waals surface area contributed by atoms with E-state index in [4.69, 9.17) is 16.3 Å². The van der Waals surface area contributed by atoms with Gasteiger partial charge in [0.25, 0.3) is 5.91 Å². The smallest absolute Gasteiger partial charge is 0.262 e. The number of carbonyl (C=O) groups is 1. The first-order valence-corrected chi connectivity index (χ1v) is 8.63. The number of amides is 1. The Kier molecular flexibility index (Phi) is 4.53. The molecule has 3 aromatic rings. The Morgan fingerprint density at radius 2 is 2.08 bits per heavy atom. The van der Waals surface area contributed by atoms with E-state index in [1.165, 1.54) is 0 Å². The molecule has 2 aromatic carbocycles. The highest BCUT2D eigenvalue weighted by atomic mass is 35.5. The number of benzene rings is 2. The van der Waals surface area contributed by atoms with E-state index >= 15 is 0 Å². The summed E-state index contributed by atoms with van der Waals surface area (Å²) in [6, 6.07) is 14.7. The second-order valence-corrected chi connectivity index (χ2v) is 6.49. The molecule has 132 valence electrons. The van der Waals surface area contributed by atoms with Gasteiger partial charge in [-0.05, 0) is 53.6 Å². The Balaban J connectivity index is 1.42. The first-order chi connectivity index (χ1) is 12.7. The first kappa shape index (κ1) is 16.5. The molecule has 0 unspecified atom stereocenters. The zero-order valence-electron chi connectivity index (χ0n) is 13.8. The highest BCUT2D eigenvalue weighted by Crippen LogP contribution is 2.36. The Labute approximate surface area is 154 Å². The van der Waals surface area contributed by atoms with Crippen LogP contribution in [0.4, 0.5) is 5.69 Å². The molecule has 7 nitrogen and oxygen atoms in total. The monoisotopic (exact) mass is 369 g/mol. The van der Waals surface area contributed by atoms with Gasteiger partial charge in [-0.3, -0.25) is 4.79 Å². The Morgan fingerprint density at radius 1 is 1.23 bits per heavy atom. The molecule has 1 saturated carbocycles. The fraction of sp³-hybridized carbons (Fsp3) is 0.222. The van der Waals surface area contributed by atoms with Crippen molar-refractivity contribution < 1.29 is 9.53 Å². The van der Waals surface area contributed by atoms with Gasteiger partial charge in [-0.15, -0.1) is 5.10 Å². The summed E-state index contributed by atoms with van der Waals surface area (Å²) in [5.74, 6) is 0.993. The number of tetrazole rings is 1. The fourth-order valence-corrected chi connectivity index (χ4v) is 2.77. The number of anilines is 1. The highest BCUT2D eigenvalue weighted by molar-refractivity contribution is 6.30. The van der Waals surface area contributed by atoms with Gasteiger partial charge in [0, 0.05) is 16.3 Å². The average Bonchev–Trinajstić information content (AvgIpc) is 3.37. The van der Waals surface area contributed by atoms with Crippen molar-refractivity contribution in [3.8, 4) is 17.1 Å². The molecule has 1 aliphatic rings. The lowest BCUT2D eigenvalue weighted by Crippen LogP contribution is -2.20. The quantitative estimate of drug-likeness (QED) is 0.720. The Morgan fingerprint density at radius 3 is 2.88 bits per heavy atom. The largest absolute Gasteiger partial charge is 0.484 e. The predicted octanol–water partition coefficient (Wildman–Crippen LogP) is 3.35. The Hall–Kier alpha value is -2.93. The van der Waals surface area contributed by atoms with Crippen molar-refractivity contribution in [2.45, 2.75) is 18.9 Å². The van der Waals surface area contributed by atoms with Crippen molar-refractivity contribution in [1.29, 1.82) is 0 Å². The molecule has 0 bridgehead atoms. The van der Waals surface area contributed by atoms with Gasteiger partial charge in [0.2, 0.25) is 0 Å². The average molecular weight is 370 g/mol. The summed E-state index contributed by atoms with van der Waals surface area (Å²) in [7, 11) is 0. The molecule has 0 spiro atoms. The molecule has 0 radical (unpaired) electrons. The standard InChI is InChI=1S/C18H16ClN5O2/c19-13-4-2-6-16(10-13)26-11-17(25)20-14-5-1-3-12(9-14)18-21-22-23-24(18)15-7-8-15/h1-6,9-10,15H,7-8,11H2,(H,20,25). The van der Waals surface area contributed by atoms with Gasteiger partial charge in [0.15, 0.2) is 12.4 Å². The molecule has 1 N–H and O–H groups in total. The van der Waals surface area contributed by atoms with E-state index in [-0.39, 0.29) is 12.5 Å². The number of aromatic nitrogens is 4. The minimum atomic E-state index is -0.260. The van der Waals surface area contributed by atoms with Gasteiger partial charge >= 0.3 is 0 Å². The molecule has 1 aromatic heterocycles. The molecule has 26 heavy (non-hydrogen) atoms. The van der Waals surface area contributed by atoms with Crippen LogP contribution < -0.4 is 10.1 Å². The van der Waals surface area contributed by atoms with Crippen molar-refractivity contribution in [2.24, 2.45) is 0 Å². The summed E-state index contributed by atoms with van der Waals surface area (Å²) in [4.78, 5) is 12.1. The zero-order valence-corrected chi connectivity index (χ0v) is 14.6. The van der Waals surface area contributed by atoms with Crippen LogP contribution in [-0.2, 0) is 4.79 Å². The number of nitrogens with zero attached hydrogens (tertiary/aromatic N) is 4. The SMILES string of the molecule is O=C(COc1cccc(Cl)c1)Nc1cccc(-c2nnnn2C2CC2)c1. The maximum Gasteiger partial charge on any atom is 0.262 e. The van der Waals surface area contributed by atoms with Crippen molar-refractivity contribution in [1.82, 2.24) is 20.2 Å². The van der Waals surface area contributed by atoms with E-state index in [0.29, 0.717) is 28.3 Å². The molecule has 1 aliphatic carbocycles. The van der Waals surface area contributed by atoms with Gasteiger partial charge in [-0.25, -0.2) is 4.68 Å². The number of carbonyl (C=O) groups excluding carboxylic acids is 1.